The van der Waals surface area contributed by atoms with E-state index in [1.165, 1.54) is 0 Å². The topological polar surface area (TPSA) is 21.3 Å². The SMILES string of the molecule is CCCCC#C[C@H](Nc1ccc(OC)cc1)c1ccccc1Cl. The molecule has 0 fully saturated rings. The molecular weight excluding hydrogens is 306 g/mol. The van der Waals surface area contributed by atoms with Crippen LogP contribution in [0.25, 0.3) is 0 Å². The van der Waals surface area contributed by atoms with E-state index in [2.05, 4.69) is 24.1 Å². The van der Waals surface area contributed by atoms with Crippen molar-refractivity contribution in [2.75, 3.05) is 12.4 Å². The number of methoxy groups -OCH3 is 1. The Bertz CT molecular complexity index is 670. The molecular formula is C20H22ClNO. The number of ether oxygens (including phenoxy) is 1. The van der Waals surface area contributed by atoms with Crippen molar-refractivity contribution in [2.24, 2.45) is 0 Å². The van der Waals surface area contributed by atoms with E-state index in [4.69, 9.17) is 16.3 Å². The monoisotopic (exact) mass is 327 g/mol. The van der Waals surface area contributed by atoms with Gasteiger partial charge < -0.3 is 10.1 Å². The number of halogens is 1. The number of benzene rings is 2. The molecule has 2 nitrogen and oxygen atoms in total. The van der Waals surface area contributed by atoms with Gasteiger partial charge in [-0.3, -0.25) is 0 Å². The van der Waals surface area contributed by atoms with Crippen LogP contribution in [0.2, 0.25) is 5.02 Å². The highest BCUT2D eigenvalue weighted by atomic mass is 35.5. The van der Waals surface area contributed by atoms with E-state index in [0.29, 0.717) is 0 Å². The van der Waals surface area contributed by atoms with Crippen LogP contribution in [-0.2, 0) is 0 Å². The number of anilines is 1. The molecule has 120 valence electrons. The third kappa shape index (κ3) is 5.23. The van der Waals surface area contributed by atoms with Gasteiger partial charge >= 0.3 is 0 Å². The van der Waals surface area contributed by atoms with E-state index in [9.17, 15) is 0 Å². The van der Waals surface area contributed by atoms with E-state index < -0.39 is 0 Å². The van der Waals surface area contributed by atoms with Crippen LogP contribution in [0.5, 0.6) is 5.75 Å². The summed E-state index contributed by atoms with van der Waals surface area (Å²) in [5, 5.41) is 4.18. The Morgan fingerprint density at radius 1 is 1.13 bits per heavy atom. The predicted octanol–water partition coefficient (Wildman–Crippen LogP) is 5.70. The number of nitrogens with one attached hydrogen (secondary N) is 1. The third-order valence-corrected chi connectivity index (χ3v) is 3.86. The van der Waals surface area contributed by atoms with E-state index in [1.807, 2.05) is 48.5 Å². The highest BCUT2D eigenvalue weighted by Gasteiger charge is 2.11. The molecule has 23 heavy (non-hydrogen) atoms. The lowest BCUT2D eigenvalue weighted by Gasteiger charge is -2.16. The normalized spacial score (nSPS) is 11.3. The minimum atomic E-state index is -0.131. The third-order valence-electron chi connectivity index (χ3n) is 3.52. The van der Waals surface area contributed by atoms with Crippen molar-refractivity contribution < 1.29 is 4.74 Å². The van der Waals surface area contributed by atoms with Crippen molar-refractivity contribution in [3.05, 3.63) is 59.1 Å². The highest BCUT2D eigenvalue weighted by molar-refractivity contribution is 6.31. The molecule has 2 aromatic rings. The summed E-state index contributed by atoms with van der Waals surface area (Å²) in [7, 11) is 1.66. The van der Waals surface area contributed by atoms with Gasteiger partial charge in [0.05, 0.1) is 7.11 Å². The van der Waals surface area contributed by atoms with Gasteiger partial charge in [-0.15, -0.1) is 5.92 Å². The molecule has 0 spiro atoms. The molecule has 0 amide bonds. The molecule has 0 aliphatic rings. The summed E-state index contributed by atoms with van der Waals surface area (Å²) >= 11 is 6.35. The Hall–Kier alpha value is -2.11. The Balaban J connectivity index is 2.21. The molecule has 1 atom stereocenters. The van der Waals surface area contributed by atoms with Crippen molar-refractivity contribution in [3.8, 4) is 17.6 Å². The van der Waals surface area contributed by atoms with Gasteiger partial charge in [-0.2, -0.15) is 0 Å². The highest BCUT2D eigenvalue weighted by Crippen LogP contribution is 2.26. The summed E-state index contributed by atoms with van der Waals surface area (Å²) in [4.78, 5) is 0. The van der Waals surface area contributed by atoms with E-state index >= 15 is 0 Å². The zero-order valence-corrected chi connectivity index (χ0v) is 14.4. The fraction of sp³-hybridized carbons (Fsp3) is 0.300. The quantitative estimate of drug-likeness (QED) is 0.543. The second-order valence-corrected chi connectivity index (χ2v) is 5.66. The lowest BCUT2D eigenvalue weighted by molar-refractivity contribution is 0.415. The first kappa shape index (κ1) is 17.2. The second-order valence-electron chi connectivity index (χ2n) is 5.25. The summed E-state index contributed by atoms with van der Waals surface area (Å²) in [6.07, 6.45) is 3.17. The molecule has 2 aromatic carbocycles. The standard InChI is InChI=1S/C20H22ClNO/c1-3-4-5-6-11-20(18-9-7-8-10-19(18)21)22-16-12-14-17(23-2)15-13-16/h7-10,12-15,20,22H,3-5H2,1-2H3/t20-/m0/s1. The molecule has 0 aliphatic heterocycles. The Kier molecular flexibility index (Phi) is 6.84. The molecule has 2 rings (SSSR count). The van der Waals surface area contributed by atoms with Crippen LogP contribution < -0.4 is 10.1 Å². The van der Waals surface area contributed by atoms with Crippen LogP contribution in [0, 0.1) is 11.8 Å². The Morgan fingerprint density at radius 3 is 2.52 bits per heavy atom. The Morgan fingerprint density at radius 2 is 1.87 bits per heavy atom. The zero-order chi connectivity index (χ0) is 16.5. The van der Waals surface area contributed by atoms with Crippen molar-refractivity contribution in [1.29, 1.82) is 0 Å². The molecule has 0 bridgehead atoms. The van der Waals surface area contributed by atoms with E-state index in [-0.39, 0.29) is 6.04 Å². The lowest BCUT2D eigenvalue weighted by atomic mass is 10.1. The van der Waals surface area contributed by atoms with Crippen LogP contribution >= 0.6 is 11.6 Å². The maximum absolute atomic E-state index is 6.35. The van der Waals surface area contributed by atoms with Crippen LogP contribution in [0.1, 0.15) is 37.8 Å². The smallest absolute Gasteiger partial charge is 0.119 e. The maximum Gasteiger partial charge on any atom is 0.119 e. The first-order chi connectivity index (χ1) is 11.2. The maximum atomic E-state index is 6.35. The molecule has 0 unspecified atom stereocenters. The molecule has 0 heterocycles. The number of unbranched alkanes of at least 4 members (excludes halogenated alkanes) is 2. The average Bonchev–Trinajstić information content (AvgIpc) is 2.59. The van der Waals surface area contributed by atoms with Gasteiger partial charge in [0.15, 0.2) is 0 Å². The van der Waals surface area contributed by atoms with E-state index in [0.717, 1.165) is 41.3 Å². The Labute approximate surface area is 143 Å². The summed E-state index contributed by atoms with van der Waals surface area (Å²) in [5.74, 6) is 7.40. The van der Waals surface area contributed by atoms with Gasteiger partial charge in [0.25, 0.3) is 0 Å². The molecule has 0 aromatic heterocycles. The molecule has 0 saturated heterocycles. The summed E-state index contributed by atoms with van der Waals surface area (Å²) in [5.41, 5.74) is 1.98. The van der Waals surface area contributed by atoms with E-state index in [1.54, 1.807) is 7.11 Å². The number of hydrogen-bond donors (Lipinski definition) is 1. The van der Waals surface area contributed by atoms with Crippen molar-refractivity contribution in [1.82, 2.24) is 0 Å². The van der Waals surface area contributed by atoms with Crippen LogP contribution in [0.4, 0.5) is 5.69 Å². The van der Waals surface area contributed by atoms with Crippen LogP contribution in [0.15, 0.2) is 48.5 Å². The second kappa shape index (κ2) is 9.12. The van der Waals surface area contributed by atoms with Gasteiger partial charge in [0.2, 0.25) is 0 Å². The van der Waals surface area contributed by atoms with Crippen molar-refractivity contribution in [3.63, 3.8) is 0 Å². The lowest BCUT2D eigenvalue weighted by Crippen LogP contribution is -2.09. The first-order valence-electron chi connectivity index (χ1n) is 7.88. The fourth-order valence-corrected chi connectivity index (χ4v) is 2.44. The molecule has 3 heteroatoms. The summed E-state index contributed by atoms with van der Waals surface area (Å²) in [6.45, 7) is 2.17. The van der Waals surface area contributed by atoms with Gasteiger partial charge in [-0.1, -0.05) is 49.1 Å². The van der Waals surface area contributed by atoms with Gasteiger partial charge in [-0.05, 0) is 36.8 Å². The largest absolute Gasteiger partial charge is 0.497 e. The van der Waals surface area contributed by atoms with Crippen LogP contribution in [0.3, 0.4) is 0 Å². The number of hydrogen-bond acceptors (Lipinski definition) is 2. The minimum Gasteiger partial charge on any atom is -0.497 e. The minimum absolute atomic E-state index is 0.131. The van der Waals surface area contributed by atoms with Gasteiger partial charge in [0.1, 0.15) is 11.8 Å². The first-order valence-corrected chi connectivity index (χ1v) is 8.25. The molecule has 0 saturated carbocycles. The summed E-state index contributed by atoms with van der Waals surface area (Å²) < 4.78 is 5.19. The van der Waals surface area contributed by atoms with Gasteiger partial charge in [-0.25, -0.2) is 0 Å². The average molecular weight is 328 g/mol. The number of rotatable bonds is 6. The van der Waals surface area contributed by atoms with Crippen molar-refractivity contribution in [2.45, 2.75) is 32.2 Å². The molecule has 0 aliphatic carbocycles. The predicted molar refractivity (Wildman–Crippen MR) is 98.1 cm³/mol. The zero-order valence-electron chi connectivity index (χ0n) is 13.6. The fourth-order valence-electron chi connectivity index (χ4n) is 2.19. The summed E-state index contributed by atoms with van der Waals surface area (Å²) in [6, 6.07) is 15.5. The van der Waals surface area contributed by atoms with Crippen molar-refractivity contribution >= 4 is 17.3 Å². The van der Waals surface area contributed by atoms with Gasteiger partial charge in [0, 0.05) is 22.7 Å². The molecule has 1 N–H and O–H groups in total. The van der Waals surface area contributed by atoms with Crippen LogP contribution in [-0.4, -0.2) is 7.11 Å². The molecule has 0 radical (unpaired) electrons.